The van der Waals surface area contributed by atoms with Gasteiger partial charge >= 0.3 is 10.1 Å². The largest absolute Gasteiger partial charge is 0.467 e. The molecule has 142 valence electrons. The van der Waals surface area contributed by atoms with Crippen LogP contribution in [0.25, 0.3) is 0 Å². The molecule has 0 aliphatic carbocycles. The predicted octanol–water partition coefficient (Wildman–Crippen LogP) is -1.07. The zero-order valence-electron chi connectivity index (χ0n) is 16.2. The SMILES string of the molecule is BC(B)(c1ccccc1)S(=O)(=O)OC1=C(N)O[C@@](B)(c2ccc(C)cc2)C1=O. The standard InChI is InChI=1S/C18H20B3NO5S/c1-11-7-9-12(10-8-11)17(19)15(23)14(16(22)26-17)27-28(24,25)18(20,21)13-5-3-2-4-6-13/h2-10H,19-22H2,1H3/t17-/m0/s1. The first-order valence-corrected chi connectivity index (χ1v) is 10.2. The molecule has 0 amide bonds. The number of hydrogen-bond donors (Lipinski definition) is 1. The van der Waals surface area contributed by atoms with Gasteiger partial charge in [-0.25, -0.2) is 0 Å². The van der Waals surface area contributed by atoms with E-state index in [0.29, 0.717) is 11.1 Å². The van der Waals surface area contributed by atoms with E-state index in [1.54, 1.807) is 42.5 Å². The minimum atomic E-state index is -4.24. The Balaban J connectivity index is 1.93. The number of ether oxygens (including phenoxy) is 1. The van der Waals surface area contributed by atoms with Crippen molar-refractivity contribution in [3.05, 3.63) is 82.9 Å². The minimum absolute atomic E-state index is 0.347. The Hall–Kier alpha value is -2.61. The normalized spacial score (nSPS) is 20.1. The highest BCUT2D eigenvalue weighted by Crippen LogP contribution is 2.37. The lowest BCUT2D eigenvalue weighted by Crippen LogP contribution is -2.40. The number of aryl methyl sites for hydroxylation is 1. The molecule has 0 spiro atoms. The third kappa shape index (κ3) is 3.22. The Labute approximate surface area is 167 Å². The fourth-order valence-corrected chi connectivity index (χ4v) is 3.99. The summed E-state index contributed by atoms with van der Waals surface area (Å²) in [6.07, 6.45) is 0. The second-order valence-electron chi connectivity index (χ2n) is 7.44. The maximum absolute atomic E-state index is 13.0. The van der Waals surface area contributed by atoms with Crippen molar-refractivity contribution in [3.63, 3.8) is 0 Å². The van der Waals surface area contributed by atoms with Gasteiger partial charge in [-0.2, -0.15) is 8.42 Å². The molecule has 1 aliphatic heterocycles. The van der Waals surface area contributed by atoms with Crippen molar-refractivity contribution in [3.8, 4) is 0 Å². The number of Topliss-reactive ketones (excluding diaryl/α,β-unsaturated/α-hetero) is 1. The first kappa shape index (κ1) is 20.1. The van der Waals surface area contributed by atoms with Crippen molar-refractivity contribution in [2.45, 2.75) is 17.0 Å². The molecule has 0 fully saturated rings. The molecule has 2 aromatic carbocycles. The van der Waals surface area contributed by atoms with Crippen molar-refractivity contribution >= 4 is 39.4 Å². The summed E-state index contributed by atoms with van der Waals surface area (Å²) in [5.74, 6) is -1.48. The van der Waals surface area contributed by atoms with E-state index in [2.05, 4.69) is 0 Å². The highest BCUT2D eigenvalue weighted by molar-refractivity contribution is 7.90. The molecule has 1 aliphatic rings. The maximum atomic E-state index is 13.0. The van der Waals surface area contributed by atoms with Crippen LogP contribution in [0.5, 0.6) is 0 Å². The molecular weight excluding hydrogens is 375 g/mol. The lowest BCUT2D eigenvalue weighted by Gasteiger charge is -2.26. The summed E-state index contributed by atoms with van der Waals surface area (Å²) in [5, 5.41) is 0. The first-order valence-electron chi connectivity index (χ1n) is 8.79. The lowest BCUT2D eigenvalue weighted by molar-refractivity contribution is -0.126. The van der Waals surface area contributed by atoms with E-state index >= 15 is 0 Å². The molecular formula is C18H20B3NO5S. The number of carbonyl (C=O) groups excluding carboxylic acids is 1. The van der Waals surface area contributed by atoms with Crippen LogP contribution in [0.3, 0.4) is 0 Å². The summed E-state index contributed by atoms with van der Waals surface area (Å²) in [4.78, 5) is 13.0. The second-order valence-corrected chi connectivity index (χ2v) is 9.53. The Bertz CT molecular complexity index is 1050. The van der Waals surface area contributed by atoms with Crippen LogP contribution in [0.1, 0.15) is 16.7 Å². The average molecular weight is 395 g/mol. The van der Waals surface area contributed by atoms with Gasteiger partial charge in [0.1, 0.15) is 15.7 Å². The van der Waals surface area contributed by atoms with Crippen LogP contribution in [0.4, 0.5) is 0 Å². The van der Waals surface area contributed by atoms with Gasteiger partial charge in [-0.3, -0.25) is 4.79 Å². The zero-order chi connectivity index (χ0) is 20.7. The van der Waals surface area contributed by atoms with Crippen molar-refractivity contribution < 1.29 is 22.1 Å². The third-order valence-electron chi connectivity index (χ3n) is 5.07. The van der Waals surface area contributed by atoms with Crippen LogP contribution in [-0.4, -0.2) is 37.7 Å². The summed E-state index contributed by atoms with van der Waals surface area (Å²) in [6.45, 7) is 1.92. The summed E-state index contributed by atoms with van der Waals surface area (Å²) in [5.41, 5.74) is 6.51. The Kier molecular flexibility index (Phi) is 4.87. The molecule has 0 aromatic heterocycles. The summed E-state index contributed by atoms with van der Waals surface area (Å²) in [7, 11) is 0.316. The molecule has 0 saturated carbocycles. The van der Waals surface area contributed by atoms with Crippen LogP contribution in [0, 0.1) is 6.92 Å². The van der Waals surface area contributed by atoms with E-state index in [4.69, 9.17) is 14.7 Å². The molecule has 2 N–H and O–H groups in total. The number of carbonyl (C=O) groups is 1. The summed E-state index contributed by atoms with van der Waals surface area (Å²) in [6, 6.07) is 15.8. The van der Waals surface area contributed by atoms with Crippen LogP contribution >= 0.6 is 0 Å². The molecule has 0 bridgehead atoms. The first-order chi connectivity index (χ1) is 13.0. The monoisotopic (exact) mass is 395 g/mol. The number of hydrogen-bond acceptors (Lipinski definition) is 6. The molecule has 0 unspecified atom stereocenters. The molecule has 6 nitrogen and oxygen atoms in total. The lowest BCUT2D eigenvalue weighted by atomic mass is 9.65. The van der Waals surface area contributed by atoms with Gasteiger partial charge in [0.15, 0.2) is 13.3 Å². The van der Waals surface area contributed by atoms with Gasteiger partial charge in [0.2, 0.25) is 17.4 Å². The second kappa shape index (κ2) is 6.77. The van der Waals surface area contributed by atoms with E-state index in [0.717, 1.165) is 5.56 Å². The highest BCUT2D eigenvalue weighted by Gasteiger charge is 2.50. The quantitative estimate of drug-likeness (QED) is 0.512. The van der Waals surface area contributed by atoms with Gasteiger partial charge < -0.3 is 14.7 Å². The van der Waals surface area contributed by atoms with Crippen LogP contribution in [0.15, 0.2) is 66.2 Å². The summed E-state index contributed by atoms with van der Waals surface area (Å²) < 4.78 is 35.4. The molecule has 0 radical (unpaired) electrons. The van der Waals surface area contributed by atoms with Crippen molar-refractivity contribution in [1.82, 2.24) is 0 Å². The molecule has 1 heterocycles. The molecule has 2 aromatic rings. The van der Waals surface area contributed by atoms with Gasteiger partial charge in [-0.05, 0) is 18.1 Å². The number of nitrogens with two attached hydrogens (primary N) is 1. The van der Waals surface area contributed by atoms with E-state index in [9.17, 15) is 13.2 Å². The average Bonchev–Trinajstić information content (AvgIpc) is 2.86. The van der Waals surface area contributed by atoms with Gasteiger partial charge in [0, 0.05) is 0 Å². The molecule has 1 atom stereocenters. The number of ketones is 1. The number of rotatable bonds is 5. The van der Waals surface area contributed by atoms with E-state index in [1.165, 1.54) is 23.5 Å². The maximum Gasteiger partial charge on any atom is 0.304 e. The van der Waals surface area contributed by atoms with Crippen LogP contribution in [-0.2, 0) is 33.9 Å². The van der Waals surface area contributed by atoms with Crippen LogP contribution in [0.2, 0.25) is 0 Å². The zero-order valence-corrected chi connectivity index (χ0v) is 17.0. The minimum Gasteiger partial charge on any atom is -0.467 e. The number of benzene rings is 2. The fourth-order valence-electron chi connectivity index (χ4n) is 2.98. The van der Waals surface area contributed by atoms with E-state index in [1.807, 2.05) is 19.1 Å². The van der Waals surface area contributed by atoms with Gasteiger partial charge in [0.25, 0.3) is 0 Å². The van der Waals surface area contributed by atoms with Crippen molar-refractivity contribution in [2.75, 3.05) is 0 Å². The van der Waals surface area contributed by atoms with E-state index in [-0.39, 0.29) is 5.88 Å². The molecule has 10 heteroatoms. The van der Waals surface area contributed by atoms with Crippen molar-refractivity contribution in [2.24, 2.45) is 5.73 Å². The Morgan fingerprint density at radius 3 is 2.21 bits per heavy atom. The summed E-state index contributed by atoms with van der Waals surface area (Å²) >= 11 is 0. The van der Waals surface area contributed by atoms with Crippen molar-refractivity contribution in [1.29, 1.82) is 0 Å². The molecule has 3 rings (SSSR count). The Morgan fingerprint density at radius 2 is 1.64 bits per heavy atom. The van der Waals surface area contributed by atoms with E-state index < -0.39 is 31.7 Å². The smallest absolute Gasteiger partial charge is 0.304 e. The topological polar surface area (TPSA) is 95.7 Å². The van der Waals surface area contributed by atoms with Crippen LogP contribution < -0.4 is 5.73 Å². The van der Waals surface area contributed by atoms with Gasteiger partial charge in [-0.1, -0.05) is 60.2 Å². The predicted molar refractivity (Wildman–Crippen MR) is 114 cm³/mol. The molecule has 28 heavy (non-hydrogen) atoms. The Morgan fingerprint density at radius 1 is 1.07 bits per heavy atom. The fraction of sp³-hybridized carbons (Fsp3) is 0.167. The van der Waals surface area contributed by atoms with Gasteiger partial charge in [-0.15, -0.1) is 0 Å². The highest BCUT2D eigenvalue weighted by atomic mass is 32.2. The van der Waals surface area contributed by atoms with Gasteiger partial charge in [0.05, 0.1) is 4.55 Å². The third-order valence-corrected chi connectivity index (χ3v) is 6.94. The molecule has 0 saturated heterocycles.